The van der Waals surface area contributed by atoms with Crippen LogP contribution in [0.1, 0.15) is 39.3 Å². The van der Waals surface area contributed by atoms with Gasteiger partial charge in [0.2, 0.25) is 0 Å². The summed E-state index contributed by atoms with van der Waals surface area (Å²) in [7, 11) is 1.60. The second-order valence-electron chi connectivity index (χ2n) is 5.86. The molecule has 2 N–H and O–H groups in total. The lowest BCUT2D eigenvalue weighted by Gasteiger charge is -2.16. The molecule has 0 aliphatic rings. The zero-order chi connectivity index (χ0) is 20.0. The minimum absolute atomic E-state index is 0.187. The first-order valence-electron chi connectivity index (χ1n) is 8.89. The largest absolute Gasteiger partial charge is 0.496 e. The van der Waals surface area contributed by atoms with Crippen molar-refractivity contribution in [3.8, 4) is 22.8 Å². The molecule has 0 amide bonds. The van der Waals surface area contributed by atoms with Crippen LogP contribution in [-0.2, 0) is 11.3 Å². The molecule has 0 aliphatic heterocycles. The maximum Gasteiger partial charge on any atom is 0.148 e. The molecule has 2 aromatic rings. The second-order valence-corrected chi connectivity index (χ2v) is 7.47. The van der Waals surface area contributed by atoms with E-state index in [0.717, 1.165) is 22.9 Å². The van der Waals surface area contributed by atoms with E-state index in [4.69, 9.17) is 19.9 Å². The molecule has 148 valence electrons. The van der Waals surface area contributed by atoms with Crippen molar-refractivity contribution in [2.45, 2.75) is 46.3 Å². The van der Waals surface area contributed by atoms with Gasteiger partial charge in [-0.15, -0.1) is 0 Å². The van der Waals surface area contributed by atoms with Crippen LogP contribution in [0.25, 0.3) is 11.3 Å². The topological polar surface area (TPSA) is 79.5 Å². The molecular weight excluding hydrogens is 478 g/mol. The van der Waals surface area contributed by atoms with Gasteiger partial charge in [0.05, 0.1) is 30.9 Å². The smallest absolute Gasteiger partial charge is 0.148 e. The van der Waals surface area contributed by atoms with E-state index in [2.05, 4.69) is 55.7 Å². The van der Waals surface area contributed by atoms with Crippen LogP contribution in [0.4, 0.5) is 5.82 Å². The van der Waals surface area contributed by atoms with E-state index >= 15 is 0 Å². The first-order valence-corrected chi connectivity index (χ1v) is 10.5. The maximum absolute atomic E-state index is 6.15. The first-order chi connectivity index (χ1) is 12.9. The molecule has 0 saturated carbocycles. The molecule has 0 fully saturated rings. The molecule has 27 heavy (non-hydrogen) atoms. The molecule has 8 heteroatoms. The number of benzene rings is 1. The number of nitrogens with zero attached hydrogens (tertiary/aromatic N) is 2. The van der Waals surface area contributed by atoms with Crippen LogP contribution >= 0.6 is 31.9 Å². The lowest BCUT2D eigenvalue weighted by atomic mass is 10.1. The number of hydrogen-bond donors (Lipinski definition) is 1. The Balaban J connectivity index is 2.39. The normalized spacial score (nSPS) is 11.1. The average Bonchev–Trinajstić information content (AvgIpc) is 2.66. The summed E-state index contributed by atoms with van der Waals surface area (Å²) in [5.74, 6) is 1.66. The standard InChI is InChI=1S/C19H25Br2N3O3/c1-5-11(6-2)27-10-14-19(22)24-17(18(21)23-14)12-8-13(20)16(26-7-3)9-15(12)25-4/h8-9,11H,5-7,10H2,1-4H3,(H2,22,24). The summed E-state index contributed by atoms with van der Waals surface area (Å²) in [4.78, 5) is 9.10. The van der Waals surface area contributed by atoms with Crippen molar-refractivity contribution in [3.63, 3.8) is 0 Å². The van der Waals surface area contributed by atoms with Crippen molar-refractivity contribution in [1.29, 1.82) is 0 Å². The number of aromatic nitrogens is 2. The Labute approximate surface area is 177 Å². The third-order valence-corrected chi connectivity index (χ3v) is 5.30. The quantitative estimate of drug-likeness (QED) is 0.497. The number of hydrogen-bond acceptors (Lipinski definition) is 6. The van der Waals surface area contributed by atoms with Crippen LogP contribution in [0.2, 0.25) is 0 Å². The van der Waals surface area contributed by atoms with Crippen LogP contribution in [0, 0.1) is 0 Å². The van der Waals surface area contributed by atoms with Gasteiger partial charge in [-0.25, -0.2) is 9.97 Å². The average molecular weight is 503 g/mol. The lowest BCUT2D eigenvalue weighted by molar-refractivity contribution is 0.0342. The van der Waals surface area contributed by atoms with E-state index in [1.807, 2.05) is 19.1 Å². The third-order valence-electron chi connectivity index (χ3n) is 4.13. The molecule has 1 heterocycles. The monoisotopic (exact) mass is 501 g/mol. The summed E-state index contributed by atoms with van der Waals surface area (Å²) in [6, 6.07) is 3.70. The maximum atomic E-state index is 6.15. The van der Waals surface area contributed by atoms with Crippen LogP contribution in [0.3, 0.4) is 0 Å². The van der Waals surface area contributed by atoms with Gasteiger partial charge >= 0.3 is 0 Å². The van der Waals surface area contributed by atoms with Gasteiger partial charge in [0.1, 0.15) is 33.3 Å². The number of halogens is 2. The van der Waals surface area contributed by atoms with E-state index in [0.29, 0.717) is 46.5 Å². The van der Waals surface area contributed by atoms with E-state index in [9.17, 15) is 0 Å². The van der Waals surface area contributed by atoms with Crippen molar-refractivity contribution in [1.82, 2.24) is 9.97 Å². The Morgan fingerprint density at radius 1 is 1.07 bits per heavy atom. The van der Waals surface area contributed by atoms with Crippen LogP contribution in [0.5, 0.6) is 11.5 Å². The molecule has 6 nitrogen and oxygen atoms in total. The van der Waals surface area contributed by atoms with Crippen molar-refractivity contribution >= 4 is 37.7 Å². The van der Waals surface area contributed by atoms with E-state index in [1.54, 1.807) is 7.11 Å². The number of methoxy groups -OCH3 is 1. The van der Waals surface area contributed by atoms with E-state index in [1.165, 1.54) is 0 Å². The summed E-state index contributed by atoms with van der Waals surface area (Å²) in [6.07, 6.45) is 2.08. The summed E-state index contributed by atoms with van der Waals surface area (Å²) in [5, 5.41) is 0. The molecule has 1 aromatic heterocycles. The molecule has 0 atom stereocenters. The Morgan fingerprint density at radius 3 is 2.37 bits per heavy atom. The van der Waals surface area contributed by atoms with Gasteiger partial charge in [-0.2, -0.15) is 0 Å². The predicted molar refractivity (Wildman–Crippen MR) is 114 cm³/mol. The highest BCUT2D eigenvalue weighted by atomic mass is 79.9. The number of rotatable bonds is 9. The van der Waals surface area contributed by atoms with Gasteiger partial charge in [0, 0.05) is 11.6 Å². The Morgan fingerprint density at radius 2 is 1.78 bits per heavy atom. The fourth-order valence-electron chi connectivity index (χ4n) is 2.61. The van der Waals surface area contributed by atoms with Crippen molar-refractivity contribution in [2.24, 2.45) is 0 Å². The number of nitrogens with two attached hydrogens (primary N) is 1. The van der Waals surface area contributed by atoms with Gasteiger partial charge in [0.25, 0.3) is 0 Å². The predicted octanol–water partition coefficient (Wildman–Crippen LogP) is 5.36. The zero-order valence-corrected chi connectivity index (χ0v) is 19.2. The number of anilines is 1. The summed E-state index contributed by atoms with van der Waals surface area (Å²) in [5.41, 5.74) is 8.12. The SMILES string of the molecule is CCOc1cc(OC)c(-c2nc(N)c(COC(CC)CC)nc2Br)cc1Br. The van der Waals surface area contributed by atoms with Crippen molar-refractivity contribution in [2.75, 3.05) is 19.5 Å². The van der Waals surface area contributed by atoms with E-state index in [-0.39, 0.29) is 6.10 Å². The highest BCUT2D eigenvalue weighted by Gasteiger charge is 2.19. The molecule has 0 spiro atoms. The third kappa shape index (κ3) is 5.33. The van der Waals surface area contributed by atoms with Crippen LogP contribution in [-0.4, -0.2) is 29.8 Å². The highest BCUT2D eigenvalue weighted by molar-refractivity contribution is 9.10. The zero-order valence-electron chi connectivity index (χ0n) is 16.0. The molecule has 0 radical (unpaired) electrons. The van der Waals surface area contributed by atoms with Gasteiger partial charge in [0.15, 0.2) is 0 Å². The molecule has 0 saturated heterocycles. The number of ether oxygens (including phenoxy) is 3. The molecule has 2 rings (SSSR count). The van der Waals surface area contributed by atoms with Gasteiger partial charge in [-0.1, -0.05) is 13.8 Å². The van der Waals surface area contributed by atoms with Crippen LogP contribution in [0.15, 0.2) is 21.2 Å². The Kier molecular flexibility index (Phi) is 8.31. The summed E-state index contributed by atoms with van der Waals surface area (Å²) in [6.45, 7) is 7.01. The Hall–Kier alpha value is -1.38. The molecule has 1 aromatic carbocycles. The van der Waals surface area contributed by atoms with Crippen molar-refractivity contribution < 1.29 is 14.2 Å². The highest BCUT2D eigenvalue weighted by Crippen LogP contribution is 2.40. The fraction of sp³-hybridized carbons (Fsp3) is 0.474. The minimum atomic E-state index is 0.187. The molecule has 0 aliphatic carbocycles. The summed E-state index contributed by atoms with van der Waals surface area (Å²) < 4.78 is 18.4. The first kappa shape index (κ1) is 21.9. The lowest BCUT2D eigenvalue weighted by Crippen LogP contribution is -2.13. The Bertz CT molecular complexity index is 783. The van der Waals surface area contributed by atoms with E-state index < -0.39 is 0 Å². The minimum Gasteiger partial charge on any atom is -0.496 e. The summed E-state index contributed by atoms with van der Waals surface area (Å²) >= 11 is 7.04. The number of nitrogen functional groups attached to an aromatic ring is 1. The van der Waals surface area contributed by atoms with Gasteiger partial charge < -0.3 is 19.9 Å². The van der Waals surface area contributed by atoms with Gasteiger partial charge in [-0.05, 0) is 57.7 Å². The molecular formula is C19H25Br2N3O3. The molecule has 0 unspecified atom stereocenters. The van der Waals surface area contributed by atoms with Gasteiger partial charge in [-0.3, -0.25) is 0 Å². The van der Waals surface area contributed by atoms with Crippen LogP contribution < -0.4 is 15.2 Å². The fourth-order valence-corrected chi connectivity index (χ4v) is 3.59. The second kappa shape index (κ2) is 10.2. The molecule has 0 bridgehead atoms. The van der Waals surface area contributed by atoms with Crippen molar-refractivity contribution in [3.05, 3.63) is 26.9 Å².